The molecule has 0 unspecified atom stereocenters. The van der Waals surface area contributed by atoms with Crippen LogP contribution in [0.2, 0.25) is 0 Å². The summed E-state index contributed by atoms with van der Waals surface area (Å²) in [4.78, 5) is 20.9. The zero-order valence-corrected chi connectivity index (χ0v) is 14.7. The van der Waals surface area contributed by atoms with E-state index < -0.39 is 0 Å². The Balaban J connectivity index is 1.40. The molecule has 8 nitrogen and oxygen atoms in total. The fraction of sp³-hybridized carbons (Fsp3) is 0.118. The Bertz CT molecular complexity index is 1060. The summed E-state index contributed by atoms with van der Waals surface area (Å²) in [5.41, 5.74) is 2.64. The molecule has 2 N–H and O–H groups in total. The van der Waals surface area contributed by atoms with E-state index in [4.69, 9.17) is 0 Å². The molecule has 0 atom stereocenters. The van der Waals surface area contributed by atoms with Crippen LogP contribution in [0.5, 0.6) is 0 Å². The minimum Gasteiger partial charge on any atom is -0.331 e. The van der Waals surface area contributed by atoms with Crippen LogP contribution >= 0.6 is 11.3 Å². The van der Waals surface area contributed by atoms with Crippen molar-refractivity contribution in [2.45, 2.75) is 6.54 Å². The molecule has 26 heavy (non-hydrogen) atoms. The number of rotatable bonds is 4. The Morgan fingerprint density at radius 3 is 2.81 bits per heavy atom. The summed E-state index contributed by atoms with van der Waals surface area (Å²) in [6.07, 6.45) is 1.69. The van der Waals surface area contributed by atoms with E-state index in [-0.39, 0.29) is 6.03 Å². The fourth-order valence-corrected chi connectivity index (χ4v) is 3.24. The lowest BCUT2D eigenvalue weighted by molar-refractivity contribution is 0.251. The third-order valence-electron chi connectivity index (χ3n) is 3.82. The van der Waals surface area contributed by atoms with Gasteiger partial charge in [0.1, 0.15) is 11.5 Å². The molecule has 3 heterocycles. The molecule has 0 aliphatic carbocycles. The second-order valence-electron chi connectivity index (χ2n) is 5.51. The van der Waals surface area contributed by atoms with Crippen LogP contribution in [0.4, 0.5) is 9.93 Å². The summed E-state index contributed by atoms with van der Waals surface area (Å²) in [6.45, 7) is 0.308. The second kappa shape index (κ2) is 6.89. The highest BCUT2D eigenvalue weighted by Crippen LogP contribution is 2.24. The van der Waals surface area contributed by atoms with E-state index in [0.717, 1.165) is 22.6 Å². The number of amides is 2. The van der Waals surface area contributed by atoms with Gasteiger partial charge < -0.3 is 9.88 Å². The SMILES string of the molecule is Cn1c(CNC(=O)Nc2nnc(-c3ccccn3)s2)nc2ccccc21. The number of hydrogen-bond donors (Lipinski definition) is 2. The largest absolute Gasteiger partial charge is 0.331 e. The summed E-state index contributed by atoms with van der Waals surface area (Å²) in [7, 11) is 1.92. The number of imidazole rings is 1. The smallest absolute Gasteiger partial charge is 0.321 e. The van der Waals surface area contributed by atoms with Crippen molar-refractivity contribution in [2.75, 3.05) is 5.32 Å². The minimum atomic E-state index is -0.360. The van der Waals surface area contributed by atoms with Gasteiger partial charge in [-0.25, -0.2) is 9.78 Å². The highest BCUT2D eigenvalue weighted by molar-refractivity contribution is 7.18. The molecule has 2 amide bonds. The van der Waals surface area contributed by atoms with Gasteiger partial charge in [0.15, 0.2) is 5.01 Å². The summed E-state index contributed by atoms with van der Waals surface area (Å²) in [6, 6.07) is 13.0. The molecular weight excluding hydrogens is 350 g/mol. The first-order valence-corrected chi connectivity index (χ1v) is 8.72. The van der Waals surface area contributed by atoms with Crippen molar-refractivity contribution in [1.82, 2.24) is 30.0 Å². The predicted molar refractivity (Wildman–Crippen MR) is 99.7 cm³/mol. The molecule has 130 valence electrons. The van der Waals surface area contributed by atoms with Crippen molar-refractivity contribution in [3.8, 4) is 10.7 Å². The normalized spacial score (nSPS) is 10.8. The molecule has 0 radical (unpaired) electrons. The molecule has 1 aromatic carbocycles. The van der Waals surface area contributed by atoms with Crippen LogP contribution < -0.4 is 10.6 Å². The van der Waals surface area contributed by atoms with Crippen molar-refractivity contribution in [2.24, 2.45) is 7.05 Å². The second-order valence-corrected chi connectivity index (χ2v) is 6.49. The number of carbonyl (C=O) groups is 1. The van der Waals surface area contributed by atoms with Crippen molar-refractivity contribution in [3.63, 3.8) is 0 Å². The third-order valence-corrected chi connectivity index (χ3v) is 4.68. The van der Waals surface area contributed by atoms with Crippen LogP contribution in [-0.4, -0.2) is 30.8 Å². The average molecular weight is 365 g/mol. The Morgan fingerprint density at radius 2 is 2.00 bits per heavy atom. The average Bonchev–Trinajstić information content (AvgIpc) is 3.26. The van der Waals surface area contributed by atoms with E-state index in [9.17, 15) is 4.79 Å². The van der Waals surface area contributed by atoms with Gasteiger partial charge in [0.05, 0.1) is 17.6 Å². The zero-order chi connectivity index (χ0) is 17.9. The number of pyridine rings is 1. The Kier molecular flexibility index (Phi) is 4.28. The van der Waals surface area contributed by atoms with Crippen LogP contribution in [-0.2, 0) is 13.6 Å². The number of anilines is 1. The number of aromatic nitrogens is 5. The molecule has 4 rings (SSSR count). The highest BCUT2D eigenvalue weighted by atomic mass is 32.1. The van der Waals surface area contributed by atoms with Gasteiger partial charge in [0, 0.05) is 13.2 Å². The first-order chi connectivity index (χ1) is 12.7. The monoisotopic (exact) mass is 365 g/mol. The van der Waals surface area contributed by atoms with Crippen LogP contribution in [0.1, 0.15) is 5.82 Å². The van der Waals surface area contributed by atoms with Gasteiger partial charge in [0.2, 0.25) is 5.13 Å². The van der Waals surface area contributed by atoms with E-state index in [2.05, 4.69) is 30.8 Å². The fourth-order valence-electron chi connectivity index (χ4n) is 2.52. The zero-order valence-electron chi connectivity index (χ0n) is 13.9. The van der Waals surface area contributed by atoms with E-state index in [0.29, 0.717) is 16.7 Å². The molecule has 3 aromatic heterocycles. The lowest BCUT2D eigenvalue weighted by Crippen LogP contribution is -2.29. The van der Waals surface area contributed by atoms with Crippen LogP contribution in [0.15, 0.2) is 48.7 Å². The maximum absolute atomic E-state index is 12.1. The number of para-hydroxylation sites is 2. The first-order valence-electron chi connectivity index (χ1n) is 7.91. The molecule has 0 spiro atoms. The molecule has 0 aliphatic heterocycles. The van der Waals surface area contributed by atoms with Gasteiger partial charge in [-0.3, -0.25) is 10.3 Å². The molecular formula is C17H15N7OS. The Morgan fingerprint density at radius 1 is 1.15 bits per heavy atom. The molecule has 0 saturated heterocycles. The van der Waals surface area contributed by atoms with Gasteiger partial charge in [-0.15, -0.1) is 10.2 Å². The lowest BCUT2D eigenvalue weighted by Gasteiger charge is -2.05. The lowest BCUT2D eigenvalue weighted by atomic mass is 10.3. The standard InChI is InChI=1S/C17H15N7OS/c1-24-13-8-3-2-6-11(13)20-14(24)10-19-16(25)21-17-23-22-15(26-17)12-7-4-5-9-18-12/h2-9H,10H2,1H3,(H2,19,21,23,25). The number of carbonyl (C=O) groups excluding carboxylic acids is 1. The van der Waals surface area contributed by atoms with E-state index >= 15 is 0 Å². The number of hydrogen-bond acceptors (Lipinski definition) is 6. The predicted octanol–water partition coefficient (Wildman–Crippen LogP) is 2.81. The van der Waals surface area contributed by atoms with E-state index in [1.54, 1.807) is 6.20 Å². The Hall–Kier alpha value is -3.33. The van der Waals surface area contributed by atoms with Gasteiger partial charge in [-0.1, -0.05) is 29.5 Å². The molecule has 0 aliphatic rings. The van der Waals surface area contributed by atoms with E-state index in [1.165, 1.54) is 11.3 Å². The van der Waals surface area contributed by atoms with Crippen molar-refractivity contribution < 1.29 is 4.79 Å². The van der Waals surface area contributed by atoms with Gasteiger partial charge in [-0.05, 0) is 24.3 Å². The van der Waals surface area contributed by atoms with Crippen LogP contribution in [0.25, 0.3) is 21.7 Å². The number of fused-ring (bicyclic) bond motifs is 1. The van der Waals surface area contributed by atoms with Gasteiger partial charge in [-0.2, -0.15) is 0 Å². The first kappa shape index (κ1) is 16.2. The number of aryl methyl sites for hydroxylation is 1. The topological polar surface area (TPSA) is 97.6 Å². The van der Waals surface area contributed by atoms with Crippen LogP contribution in [0, 0.1) is 0 Å². The van der Waals surface area contributed by atoms with Crippen LogP contribution in [0.3, 0.4) is 0 Å². The van der Waals surface area contributed by atoms with Crippen molar-refractivity contribution in [1.29, 1.82) is 0 Å². The van der Waals surface area contributed by atoms with Crippen molar-refractivity contribution in [3.05, 3.63) is 54.5 Å². The molecule has 0 fully saturated rings. The van der Waals surface area contributed by atoms with Gasteiger partial charge in [0.25, 0.3) is 0 Å². The molecule has 4 aromatic rings. The summed E-state index contributed by atoms with van der Waals surface area (Å²) in [5.74, 6) is 0.771. The number of nitrogens with one attached hydrogen (secondary N) is 2. The van der Waals surface area contributed by atoms with Crippen molar-refractivity contribution >= 4 is 33.5 Å². The number of nitrogens with zero attached hydrogens (tertiary/aromatic N) is 5. The summed E-state index contributed by atoms with van der Waals surface area (Å²) >= 11 is 1.27. The molecule has 9 heteroatoms. The minimum absolute atomic E-state index is 0.308. The van der Waals surface area contributed by atoms with Gasteiger partial charge >= 0.3 is 6.03 Å². The molecule has 0 saturated carbocycles. The molecule has 0 bridgehead atoms. The van der Waals surface area contributed by atoms with E-state index in [1.807, 2.05) is 54.1 Å². The number of benzene rings is 1. The summed E-state index contributed by atoms with van der Waals surface area (Å²) in [5, 5.41) is 14.6. The maximum atomic E-state index is 12.1. The quantitative estimate of drug-likeness (QED) is 0.579. The number of urea groups is 1. The Labute approximate surface area is 152 Å². The third kappa shape index (κ3) is 3.24. The highest BCUT2D eigenvalue weighted by Gasteiger charge is 2.12. The maximum Gasteiger partial charge on any atom is 0.321 e. The summed E-state index contributed by atoms with van der Waals surface area (Å²) < 4.78 is 1.96.